The van der Waals surface area contributed by atoms with E-state index in [1.54, 1.807) is 0 Å². The Morgan fingerprint density at radius 3 is 2.44 bits per heavy atom. The lowest BCUT2D eigenvalue weighted by Gasteiger charge is -2.20. The first-order valence-electron chi connectivity index (χ1n) is 11.6. The number of hydrogen-bond donors (Lipinski definition) is 1. The molecule has 0 fully saturated rings. The van der Waals surface area contributed by atoms with Gasteiger partial charge >= 0.3 is 12.1 Å². The molecule has 3 rings (SSSR count). The summed E-state index contributed by atoms with van der Waals surface area (Å²) in [4.78, 5) is 12.9. The van der Waals surface area contributed by atoms with Gasteiger partial charge in [0.1, 0.15) is 5.75 Å². The Hall–Kier alpha value is -3.13. The van der Waals surface area contributed by atoms with Crippen LogP contribution in [-0.2, 0) is 24.4 Å². The van der Waals surface area contributed by atoms with Crippen LogP contribution in [0.25, 0.3) is 15.8 Å². The molecule has 1 heterocycles. The maximum absolute atomic E-state index is 12.9. The van der Waals surface area contributed by atoms with E-state index in [2.05, 4.69) is 13.5 Å². The topological polar surface area (TPSA) is 51.5 Å². The van der Waals surface area contributed by atoms with Gasteiger partial charge in [0, 0.05) is 35.5 Å². The number of aliphatic carboxylic acids is 1. The highest BCUT2D eigenvalue weighted by Gasteiger charge is 2.30. The zero-order chi connectivity index (χ0) is 26.6. The standard InChI is InChI=1S/C28H30F3NO3S/c1-6-17(2)27(36-19(4)20-7-9-22(10-8-20)28(29,30)31)18(3)16-35-23-11-12-24-21(13-26(33)34)15-32(5)25(24)14-23/h7-12,14-15,18H,4,6,13,16H2,1-3,5H3,(H,33,34)/b27-17-. The van der Waals surface area contributed by atoms with Crippen molar-refractivity contribution >= 4 is 33.5 Å². The van der Waals surface area contributed by atoms with Gasteiger partial charge < -0.3 is 14.4 Å². The second kappa shape index (κ2) is 11.3. The molecule has 0 saturated heterocycles. The normalized spacial score (nSPS) is 13.4. The van der Waals surface area contributed by atoms with E-state index in [1.165, 1.54) is 29.5 Å². The molecule has 4 nitrogen and oxygen atoms in total. The lowest BCUT2D eigenvalue weighted by Crippen LogP contribution is -2.11. The van der Waals surface area contributed by atoms with Gasteiger partial charge in [-0.1, -0.05) is 49.9 Å². The summed E-state index contributed by atoms with van der Waals surface area (Å²) in [6.07, 6.45) is -1.77. The summed E-state index contributed by atoms with van der Waals surface area (Å²) < 4.78 is 46.7. The van der Waals surface area contributed by atoms with Crippen molar-refractivity contribution in [2.24, 2.45) is 13.0 Å². The molecule has 0 spiro atoms. The number of aromatic nitrogens is 1. The van der Waals surface area contributed by atoms with E-state index in [1.807, 2.05) is 49.9 Å². The Balaban J connectivity index is 1.73. The Labute approximate surface area is 213 Å². The molecular weight excluding hydrogens is 487 g/mol. The van der Waals surface area contributed by atoms with Gasteiger partial charge in [0.15, 0.2) is 0 Å². The first kappa shape index (κ1) is 27.5. The van der Waals surface area contributed by atoms with Crippen molar-refractivity contribution < 1.29 is 27.8 Å². The van der Waals surface area contributed by atoms with Crippen LogP contribution in [0.2, 0.25) is 0 Å². The Morgan fingerprint density at radius 2 is 1.86 bits per heavy atom. The molecule has 0 radical (unpaired) electrons. The van der Waals surface area contributed by atoms with Gasteiger partial charge in [-0.3, -0.25) is 4.79 Å². The second-order valence-corrected chi connectivity index (χ2v) is 9.96. The minimum absolute atomic E-state index is 0.0211. The van der Waals surface area contributed by atoms with Crippen molar-refractivity contribution in [3.8, 4) is 5.75 Å². The number of aryl methyl sites for hydroxylation is 1. The number of hydrogen-bond acceptors (Lipinski definition) is 3. The van der Waals surface area contributed by atoms with Gasteiger partial charge in [0.25, 0.3) is 0 Å². The van der Waals surface area contributed by atoms with Crippen LogP contribution in [0.4, 0.5) is 13.2 Å². The number of fused-ring (bicyclic) bond motifs is 1. The summed E-state index contributed by atoms with van der Waals surface area (Å²) in [5.74, 6) is -0.178. The van der Waals surface area contributed by atoms with Gasteiger partial charge in [-0.25, -0.2) is 0 Å². The summed E-state index contributed by atoms with van der Waals surface area (Å²) in [6, 6.07) is 10.7. The fourth-order valence-electron chi connectivity index (χ4n) is 3.96. The molecule has 1 aromatic heterocycles. The predicted molar refractivity (Wildman–Crippen MR) is 140 cm³/mol. The van der Waals surface area contributed by atoms with Crippen LogP contribution in [0.15, 0.2) is 65.7 Å². The highest BCUT2D eigenvalue weighted by atomic mass is 32.2. The van der Waals surface area contributed by atoms with E-state index in [0.717, 1.165) is 39.9 Å². The molecule has 2 aromatic carbocycles. The molecule has 0 saturated carbocycles. The first-order valence-corrected chi connectivity index (χ1v) is 12.4. The molecule has 1 atom stereocenters. The Bertz CT molecular complexity index is 1290. The van der Waals surface area contributed by atoms with Crippen LogP contribution in [0.1, 0.15) is 43.9 Å². The number of benzene rings is 2. The quantitative estimate of drug-likeness (QED) is 0.297. The molecule has 0 bridgehead atoms. The van der Waals surface area contributed by atoms with Gasteiger partial charge in [-0.05, 0) is 53.6 Å². The van der Waals surface area contributed by atoms with Crippen LogP contribution < -0.4 is 4.74 Å². The van der Waals surface area contributed by atoms with Crippen molar-refractivity contribution in [1.82, 2.24) is 4.57 Å². The monoisotopic (exact) mass is 517 g/mol. The number of carboxylic acid groups (broad SMARTS) is 1. The third-order valence-electron chi connectivity index (χ3n) is 6.05. The van der Waals surface area contributed by atoms with E-state index in [9.17, 15) is 18.0 Å². The first-order chi connectivity index (χ1) is 16.9. The predicted octanol–water partition coefficient (Wildman–Crippen LogP) is 7.93. The number of carboxylic acids is 1. The number of rotatable bonds is 10. The van der Waals surface area contributed by atoms with Gasteiger partial charge in [0.05, 0.1) is 24.1 Å². The minimum Gasteiger partial charge on any atom is -0.493 e. The van der Waals surface area contributed by atoms with Crippen LogP contribution in [0.3, 0.4) is 0 Å². The molecule has 1 N–H and O–H groups in total. The third kappa shape index (κ3) is 6.55. The smallest absolute Gasteiger partial charge is 0.416 e. The lowest BCUT2D eigenvalue weighted by atomic mass is 10.1. The lowest BCUT2D eigenvalue weighted by molar-refractivity contribution is -0.138. The van der Waals surface area contributed by atoms with E-state index in [4.69, 9.17) is 9.84 Å². The fraction of sp³-hybridized carbons (Fsp3) is 0.321. The van der Waals surface area contributed by atoms with E-state index in [-0.39, 0.29) is 12.3 Å². The summed E-state index contributed by atoms with van der Waals surface area (Å²) >= 11 is 1.47. The number of carbonyl (C=O) groups is 1. The summed E-state index contributed by atoms with van der Waals surface area (Å²) in [7, 11) is 1.87. The molecule has 1 unspecified atom stereocenters. The average molecular weight is 518 g/mol. The number of nitrogens with zero attached hydrogens (tertiary/aromatic N) is 1. The summed E-state index contributed by atoms with van der Waals surface area (Å²) in [5.41, 5.74) is 2.77. The highest BCUT2D eigenvalue weighted by Crippen LogP contribution is 2.40. The van der Waals surface area contributed by atoms with E-state index < -0.39 is 17.7 Å². The average Bonchev–Trinajstić information content (AvgIpc) is 3.13. The second-order valence-electron chi connectivity index (χ2n) is 8.83. The van der Waals surface area contributed by atoms with Crippen LogP contribution >= 0.6 is 11.8 Å². The number of ether oxygens (including phenoxy) is 1. The number of thioether (sulfide) groups is 1. The number of halogens is 3. The fourth-order valence-corrected chi connectivity index (χ4v) is 5.06. The zero-order valence-electron chi connectivity index (χ0n) is 20.8. The van der Waals surface area contributed by atoms with Crippen molar-refractivity contribution in [2.45, 2.75) is 39.8 Å². The molecule has 0 aliphatic rings. The SMILES string of the molecule is C=C(S/C(=C(/C)CC)C(C)COc1ccc2c(CC(=O)O)cn(C)c2c1)c1ccc(C(F)(F)F)cc1. The van der Waals surface area contributed by atoms with Crippen molar-refractivity contribution in [1.29, 1.82) is 0 Å². The number of alkyl halides is 3. The summed E-state index contributed by atoms with van der Waals surface area (Å²) in [5, 5.41) is 10.0. The molecule has 0 aliphatic carbocycles. The molecule has 8 heteroatoms. The maximum atomic E-state index is 12.9. The maximum Gasteiger partial charge on any atom is 0.416 e. The molecular formula is C28H30F3NO3S. The van der Waals surface area contributed by atoms with E-state index >= 15 is 0 Å². The Kier molecular flexibility index (Phi) is 8.61. The van der Waals surface area contributed by atoms with Gasteiger partial charge in [-0.2, -0.15) is 13.2 Å². The molecule has 192 valence electrons. The van der Waals surface area contributed by atoms with Crippen molar-refractivity contribution in [3.05, 3.63) is 82.4 Å². The minimum atomic E-state index is -4.37. The van der Waals surface area contributed by atoms with Crippen molar-refractivity contribution in [3.63, 3.8) is 0 Å². The molecule has 0 amide bonds. The summed E-state index contributed by atoms with van der Waals surface area (Å²) in [6.45, 7) is 10.7. The molecule has 3 aromatic rings. The number of allylic oxidation sites excluding steroid dienone is 1. The molecule has 36 heavy (non-hydrogen) atoms. The van der Waals surface area contributed by atoms with Crippen LogP contribution in [-0.4, -0.2) is 22.2 Å². The largest absolute Gasteiger partial charge is 0.493 e. The zero-order valence-corrected chi connectivity index (χ0v) is 21.6. The highest BCUT2D eigenvalue weighted by molar-refractivity contribution is 8.11. The van der Waals surface area contributed by atoms with Crippen LogP contribution in [0, 0.1) is 5.92 Å². The van der Waals surface area contributed by atoms with Crippen LogP contribution in [0.5, 0.6) is 5.75 Å². The Morgan fingerprint density at radius 1 is 1.19 bits per heavy atom. The van der Waals surface area contributed by atoms with E-state index in [0.29, 0.717) is 22.8 Å². The van der Waals surface area contributed by atoms with Gasteiger partial charge in [-0.15, -0.1) is 0 Å². The van der Waals surface area contributed by atoms with Crippen molar-refractivity contribution in [2.75, 3.05) is 6.61 Å². The third-order valence-corrected chi connectivity index (χ3v) is 7.51. The van der Waals surface area contributed by atoms with Gasteiger partial charge in [0.2, 0.25) is 0 Å². The molecule has 0 aliphatic heterocycles.